The standard InChI is InChI=1S/C17H15N7O2/c1-26-16-21-24(17(25)23(16)11-5-6-11)15-4-2-3-14-13(15)9-22(20-14)12-7-18-10-19-8-12/h2-4,7-11H,5-6H2,1H3. The topological polar surface area (TPSA) is 92.7 Å². The van der Waals surface area contributed by atoms with Crippen LogP contribution >= 0.6 is 0 Å². The molecule has 1 aliphatic rings. The van der Waals surface area contributed by atoms with E-state index in [0.29, 0.717) is 11.7 Å². The Hall–Kier alpha value is -3.49. The number of nitrogens with zero attached hydrogens (tertiary/aromatic N) is 7. The molecule has 0 aliphatic heterocycles. The molecule has 0 saturated heterocycles. The molecule has 0 atom stereocenters. The second kappa shape index (κ2) is 5.51. The highest BCUT2D eigenvalue weighted by Crippen LogP contribution is 2.36. The summed E-state index contributed by atoms with van der Waals surface area (Å²) in [6, 6.07) is 6.10. The molecule has 4 aromatic rings. The van der Waals surface area contributed by atoms with Crippen molar-refractivity contribution in [3.63, 3.8) is 0 Å². The van der Waals surface area contributed by atoms with Crippen molar-refractivity contribution < 1.29 is 4.74 Å². The quantitative estimate of drug-likeness (QED) is 0.554. The molecule has 9 nitrogen and oxygen atoms in total. The molecule has 0 spiro atoms. The lowest BCUT2D eigenvalue weighted by molar-refractivity contribution is 0.354. The average molecular weight is 349 g/mol. The molecule has 0 bridgehead atoms. The van der Waals surface area contributed by atoms with Crippen LogP contribution in [0.5, 0.6) is 6.01 Å². The fourth-order valence-electron chi connectivity index (χ4n) is 3.06. The van der Waals surface area contributed by atoms with Crippen molar-refractivity contribution in [1.29, 1.82) is 0 Å². The van der Waals surface area contributed by atoms with E-state index < -0.39 is 0 Å². The first-order valence-corrected chi connectivity index (χ1v) is 8.26. The van der Waals surface area contributed by atoms with E-state index in [1.807, 2.05) is 24.4 Å². The molecule has 3 aromatic heterocycles. The molecule has 9 heteroatoms. The molecule has 0 unspecified atom stereocenters. The zero-order valence-corrected chi connectivity index (χ0v) is 14.0. The zero-order valence-electron chi connectivity index (χ0n) is 14.0. The predicted molar refractivity (Wildman–Crippen MR) is 92.9 cm³/mol. The number of hydrogen-bond donors (Lipinski definition) is 0. The van der Waals surface area contributed by atoms with Crippen LogP contribution in [0.4, 0.5) is 0 Å². The Labute approximate surface area is 147 Å². The zero-order chi connectivity index (χ0) is 17.7. The van der Waals surface area contributed by atoms with Crippen LogP contribution in [-0.2, 0) is 0 Å². The highest BCUT2D eigenvalue weighted by molar-refractivity contribution is 5.87. The summed E-state index contributed by atoms with van der Waals surface area (Å²) >= 11 is 0. The maximum Gasteiger partial charge on any atom is 0.353 e. The van der Waals surface area contributed by atoms with Gasteiger partial charge in [-0.15, -0.1) is 5.10 Å². The Bertz CT molecular complexity index is 1160. The molecular weight excluding hydrogens is 334 g/mol. The summed E-state index contributed by atoms with van der Waals surface area (Å²) < 4.78 is 10.00. The number of methoxy groups -OCH3 is 1. The van der Waals surface area contributed by atoms with Crippen molar-refractivity contribution in [2.75, 3.05) is 7.11 Å². The third-order valence-electron chi connectivity index (χ3n) is 4.44. The minimum absolute atomic E-state index is 0.176. The SMILES string of the molecule is COc1nn(-c2cccc3nn(-c4cncnc4)cc23)c(=O)n1C1CC1. The smallest absolute Gasteiger partial charge is 0.353 e. The van der Waals surface area contributed by atoms with E-state index in [0.717, 1.165) is 29.4 Å². The van der Waals surface area contributed by atoms with Gasteiger partial charge in [-0.25, -0.2) is 24.0 Å². The normalized spacial score (nSPS) is 14.0. The molecule has 0 N–H and O–H groups in total. The number of rotatable bonds is 4. The van der Waals surface area contributed by atoms with E-state index in [2.05, 4.69) is 20.2 Å². The van der Waals surface area contributed by atoms with Crippen LogP contribution in [0.2, 0.25) is 0 Å². The van der Waals surface area contributed by atoms with Crippen molar-refractivity contribution in [2.45, 2.75) is 18.9 Å². The second-order valence-electron chi connectivity index (χ2n) is 6.16. The first-order chi connectivity index (χ1) is 12.8. The molecule has 130 valence electrons. The summed E-state index contributed by atoms with van der Waals surface area (Å²) in [7, 11) is 1.53. The molecule has 1 aromatic carbocycles. The summed E-state index contributed by atoms with van der Waals surface area (Å²) in [5.41, 5.74) is 1.95. The van der Waals surface area contributed by atoms with Crippen LogP contribution in [0.1, 0.15) is 18.9 Å². The van der Waals surface area contributed by atoms with E-state index >= 15 is 0 Å². The monoisotopic (exact) mass is 349 g/mol. The van der Waals surface area contributed by atoms with Crippen molar-refractivity contribution in [3.8, 4) is 17.4 Å². The van der Waals surface area contributed by atoms with Crippen molar-refractivity contribution in [2.24, 2.45) is 0 Å². The van der Waals surface area contributed by atoms with Gasteiger partial charge in [0.05, 0.1) is 30.7 Å². The molecule has 1 saturated carbocycles. The van der Waals surface area contributed by atoms with Gasteiger partial charge in [0.1, 0.15) is 12.0 Å². The molecule has 1 aliphatic carbocycles. The molecule has 0 radical (unpaired) electrons. The van der Waals surface area contributed by atoms with Gasteiger partial charge in [0, 0.05) is 17.6 Å². The molecule has 26 heavy (non-hydrogen) atoms. The number of aromatic nitrogens is 7. The van der Waals surface area contributed by atoms with Gasteiger partial charge >= 0.3 is 11.7 Å². The molecular formula is C17H15N7O2. The molecule has 0 amide bonds. The lowest BCUT2D eigenvalue weighted by atomic mass is 10.2. The minimum atomic E-state index is -0.201. The molecule has 3 heterocycles. The Balaban J connectivity index is 1.71. The minimum Gasteiger partial charge on any atom is -0.467 e. The third-order valence-corrected chi connectivity index (χ3v) is 4.44. The van der Waals surface area contributed by atoms with Crippen LogP contribution in [0, 0.1) is 0 Å². The maximum absolute atomic E-state index is 12.9. The van der Waals surface area contributed by atoms with Crippen LogP contribution in [0.15, 0.2) is 47.9 Å². The summed E-state index contributed by atoms with van der Waals surface area (Å²) in [6.45, 7) is 0. The average Bonchev–Trinajstić information content (AvgIpc) is 3.32. The molecule has 1 fully saturated rings. The number of hydrogen-bond acceptors (Lipinski definition) is 6. The maximum atomic E-state index is 12.9. The lowest BCUT2D eigenvalue weighted by Gasteiger charge is -2.00. The number of benzene rings is 1. The van der Waals surface area contributed by atoms with Crippen molar-refractivity contribution in [3.05, 3.63) is 53.6 Å². The van der Waals surface area contributed by atoms with Crippen LogP contribution < -0.4 is 10.4 Å². The Kier molecular flexibility index (Phi) is 3.14. The van der Waals surface area contributed by atoms with Crippen LogP contribution in [-0.4, -0.2) is 41.2 Å². The van der Waals surface area contributed by atoms with Gasteiger partial charge in [0.15, 0.2) is 0 Å². The fraction of sp³-hybridized carbons (Fsp3) is 0.235. The van der Waals surface area contributed by atoms with E-state index in [1.165, 1.54) is 18.1 Å². The first-order valence-electron chi connectivity index (χ1n) is 8.26. The predicted octanol–water partition coefficient (Wildman–Crippen LogP) is 1.51. The molecule has 5 rings (SSSR count). The van der Waals surface area contributed by atoms with Gasteiger partial charge in [-0.3, -0.25) is 0 Å². The number of ether oxygens (including phenoxy) is 1. The van der Waals surface area contributed by atoms with Gasteiger partial charge in [-0.1, -0.05) is 6.07 Å². The lowest BCUT2D eigenvalue weighted by Crippen LogP contribution is -2.23. The Morgan fingerprint density at radius 2 is 1.96 bits per heavy atom. The van der Waals surface area contributed by atoms with Gasteiger partial charge in [-0.05, 0) is 25.0 Å². The van der Waals surface area contributed by atoms with Crippen LogP contribution in [0.3, 0.4) is 0 Å². The summed E-state index contributed by atoms with van der Waals surface area (Å²) in [6.07, 6.45) is 8.61. The Morgan fingerprint density at radius 1 is 1.15 bits per heavy atom. The highest BCUT2D eigenvalue weighted by atomic mass is 16.5. The van der Waals surface area contributed by atoms with E-state index in [-0.39, 0.29) is 11.7 Å². The fourth-order valence-corrected chi connectivity index (χ4v) is 3.06. The van der Waals surface area contributed by atoms with Gasteiger partial charge in [-0.2, -0.15) is 9.78 Å². The van der Waals surface area contributed by atoms with Crippen LogP contribution in [0.25, 0.3) is 22.3 Å². The summed E-state index contributed by atoms with van der Waals surface area (Å²) in [5, 5.41) is 9.73. The largest absolute Gasteiger partial charge is 0.467 e. The van der Waals surface area contributed by atoms with Crippen molar-refractivity contribution >= 4 is 10.9 Å². The van der Waals surface area contributed by atoms with Gasteiger partial charge < -0.3 is 4.74 Å². The highest BCUT2D eigenvalue weighted by Gasteiger charge is 2.31. The van der Waals surface area contributed by atoms with E-state index in [1.54, 1.807) is 21.6 Å². The summed E-state index contributed by atoms with van der Waals surface area (Å²) in [5.74, 6) is 0. The second-order valence-corrected chi connectivity index (χ2v) is 6.16. The Morgan fingerprint density at radius 3 is 2.69 bits per heavy atom. The first kappa shape index (κ1) is 14.8. The van der Waals surface area contributed by atoms with E-state index in [4.69, 9.17) is 4.74 Å². The van der Waals surface area contributed by atoms with Gasteiger partial charge in [0.25, 0.3) is 0 Å². The number of fused-ring (bicyclic) bond motifs is 1. The third kappa shape index (κ3) is 2.20. The summed E-state index contributed by atoms with van der Waals surface area (Å²) in [4.78, 5) is 20.9. The van der Waals surface area contributed by atoms with E-state index in [9.17, 15) is 4.79 Å². The van der Waals surface area contributed by atoms with Gasteiger partial charge in [0.2, 0.25) is 0 Å². The van der Waals surface area contributed by atoms with Crippen molar-refractivity contribution in [1.82, 2.24) is 34.1 Å².